The summed E-state index contributed by atoms with van der Waals surface area (Å²) in [6.07, 6.45) is 0. The minimum atomic E-state index is 0.214. The first-order chi connectivity index (χ1) is 8.71. The average molecular weight is 341 g/mol. The van der Waals surface area contributed by atoms with Crippen LogP contribution in [-0.4, -0.2) is 0 Å². The Bertz CT molecular complexity index is 586. The number of furan rings is 1. The van der Waals surface area contributed by atoms with Gasteiger partial charge >= 0.3 is 0 Å². The molecular weight excluding hydrogens is 320 g/mol. The van der Waals surface area contributed by atoms with Crippen molar-refractivity contribution in [3.8, 4) is 0 Å². The molecule has 0 aliphatic carbocycles. The van der Waals surface area contributed by atoms with Gasteiger partial charge in [-0.2, -0.15) is 0 Å². The molecule has 2 aromatic rings. The van der Waals surface area contributed by atoms with Gasteiger partial charge in [0.15, 0.2) is 0 Å². The predicted molar refractivity (Wildman–Crippen MR) is 86.7 cm³/mol. The van der Waals surface area contributed by atoms with Gasteiger partial charge in [0, 0.05) is 15.3 Å². The number of rotatable bonds is 2. The van der Waals surface area contributed by atoms with E-state index in [4.69, 9.17) is 4.42 Å². The Labute approximate surface area is 128 Å². The second-order valence-corrected chi connectivity index (χ2v) is 8.10. The maximum Gasteiger partial charge on any atom is 0.106 e. The maximum absolute atomic E-state index is 5.74. The van der Waals surface area contributed by atoms with Gasteiger partial charge in [0.25, 0.3) is 0 Å². The third kappa shape index (κ3) is 2.82. The summed E-state index contributed by atoms with van der Waals surface area (Å²) in [5.74, 6) is 2.03. The molecular formula is C16H21BrOS. The molecule has 19 heavy (non-hydrogen) atoms. The first-order valence-electron chi connectivity index (χ1n) is 6.52. The Hall–Kier alpha value is -0.540. The van der Waals surface area contributed by atoms with E-state index in [0.717, 1.165) is 11.5 Å². The van der Waals surface area contributed by atoms with Crippen molar-refractivity contribution in [3.05, 3.63) is 44.5 Å². The molecule has 1 nitrogen and oxygen atoms in total. The van der Waals surface area contributed by atoms with Crippen molar-refractivity contribution in [2.45, 2.75) is 51.8 Å². The zero-order chi connectivity index (χ0) is 14.4. The molecule has 0 aromatic carbocycles. The highest BCUT2D eigenvalue weighted by molar-refractivity contribution is 9.09. The van der Waals surface area contributed by atoms with Crippen molar-refractivity contribution < 1.29 is 4.42 Å². The zero-order valence-electron chi connectivity index (χ0n) is 12.4. The van der Waals surface area contributed by atoms with Crippen molar-refractivity contribution in [2.24, 2.45) is 0 Å². The summed E-state index contributed by atoms with van der Waals surface area (Å²) < 4.78 is 5.74. The van der Waals surface area contributed by atoms with Crippen LogP contribution in [0.5, 0.6) is 0 Å². The van der Waals surface area contributed by atoms with Gasteiger partial charge in [-0.1, -0.05) is 36.7 Å². The zero-order valence-corrected chi connectivity index (χ0v) is 14.8. The Kier molecular flexibility index (Phi) is 3.99. The molecule has 1 atom stereocenters. The first-order valence-corrected chi connectivity index (χ1v) is 8.25. The van der Waals surface area contributed by atoms with Crippen molar-refractivity contribution in [1.82, 2.24) is 0 Å². The van der Waals surface area contributed by atoms with Gasteiger partial charge in [0.2, 0.25) is 0 Å². The van der Waals surface area contributed by atoms with Crippen LogP contribution in [0, 0.1) is 20.8 Å². The quantitative estimate of drug-likeness (QED) is 0.606. The van der Waals surface area contributed by atoms with Gasteiger partial charge in [-0.3, -0.25) is 0 Å². The van der Waals surface area contributed by atoms with Crippen LogP contribution in [0.2, 0.25) is 0 Å². The van der Waals surface area contributed by atoms with Crippen LogP contribution in [-0.2, 0) is 5.41 Å². The summed E-state index contributed by atoms with van der Waals surface area (Å²) in [7, 11) is 0. The van der Waals surface area contributed by atoms with E-state index < -0.39 is 0 Å². The number of aryl methyl sites for hydroxylation is 2. The van der Waals surface area contributed by atoms with Crippen molar-refractivity contribution in [1.29, 1.82) is 0 Å². The molecule has 0 bridgehead atoms. The van der Waals surface area contributed by atoms with Gasteiger partial charge in [-0.15, -0.1) is 11.3 Å². The van der Waals surface area contributed by atoms with E-state index in [1.165, 1.54) is 20.9 Å². The van der Waals surface area contributed by atoms with E-state index in [2.05, 4.69) is 55.8 Å². The number of hydrogen-bond acceptors (Lipinski definition) is 2. The lowest BCUT2D eigenvalue weighted by atomic mass is 9.95. The number of thiophene rings is 1. The largest absolute Gasteiger partial charge is 0.466 e. The molecule has 0 saturated carbocycles. The second kappa shape index (κ2) is 5.10. The minimum absolute atomic E-state index is 0.214. The summed E-state index contributed by atoms with van der Waals surface area (Å²) in [6, 6.07) is 4.47. The average Bonchev–Trinajstić information content (AvgIpc) is 2.84. The number of alkyl halides is 1. The Morgan fingerprint density at radius 1 is 1.11 bits per heavy atom. The first kappa shape index (κ1) is 14.9. The molecule has 0 radical (unpaired) electrons. The Morgan fingerprint density at radius 3 is 2.16 bits per heavy atom. The molecule has 0 spiro atoms. The molecule has 2 aromatic heterocycles. The molecule has 0 fully saturated rings. The van der Waals surface area contributed by atoms with Crippen LogP contribution >= 0.6 is 27.3 Å². The van der Waals surface area contributed by atoms with E-state index in [1.54, 1.807) is 0 Å². The van der Waals surface area contributed by atoms with Crippen LogP contribution < -0.4 is 0 Å². The Morgan fingerprint density at radius 2 is 1.74 bits per heavy atom. The molecule has 2 heterocycles. The number of halogens is 1. The fourth-order valence-corrected chi connectivity index (χ4v) is 4.37. The predicted octanol–water partition coefficient (Wildman–Crippen LogP) is 6.05. The van der Waals surface area contributed by atoms with E-state index in [9.17, 15) is 0 Å². The highest BCUT2D eigenvalue weighted by Gasteiger charge is 2.23. The molecule has 0 N–H and O–H groups in total. The minimum Gasteiger partial charge on any atom is -0.466 e. The summed E-state index contributed by atoms with van der Waals surface area (Å²) >= 11 is 5.72. The molecule has 1 unspecified atom stereocenters. The number of hydrogen-bond donors (Lipinski definition) is 0. The summed E-state index contributed by atoms with van der Waals surface area (Å²) in [4.78, 5) is 2.99. The molecule has 0 saturated heterocycles. The van der Waals surface area contributed by atoms with E-state index in [0.29, 0.717) is 0 Å². The fraction of sp³-hybridized carbons (Fsp3) is 0.500. The molecule has 0 amide bonds. The molecule has 104 valence electrons. The van der Waals surface area contributed by atoms with Gasteiger partial charge in [-0.05, 0) is 43.9 Å². The highest BCUT2D eigenvalue weighted by Crippen LogP contribution is 2.42. The van der Waals surface area contributed by atoms with Gasteiger partial charge in [0.05, 0.1) is 4.83 Å². The van der Waals surface area contributed by atoms with Crippen LogP contribution in [0.3, 0.4) is 0 Å². The van der Waals surface area contributed by atoms with Crippen LogP contribution in [0.25, 0.3) is 0 Å². The second-order valence-electron chi connectivity index (χ2n) is 6.07. The third-order valence-electron chi connectivity index (χ3n) is 3.49. The van der Waals surface area contributed by atoms with Crippen LogP contribution in [0.1, 0.15) is 58.0 Å². The SMILES string of the molecule is Cc1oc(C)c(C(Br)c2ccc(C(C)(C)C)s2)c1C. The highest BCUT2D eigenvalue weighted by atomic mass is 79.9. The molecule has 3 heteroatoms. The monoisotopic (exact) mass is 340 g/mol. The van der Waals surface area contributed by atoms with E-state index in [1.807, 2.05) is 25.2 Å². The van der Waals surface area contributed by atoms with Crippen molar-refractivity contribution >= 4 is 27.3 Å². The molecule has 2 rings (SSSR count). The van der Waals surface area contributed by atoms with Gasteiger partial charge < -0.3 is 4.42 Å². The van der Waals surface area contributed by atoms with Gasteiger partial charge in [-0.25, -0.2) is 0 Å². The normalized spacial score (nSPS) is 13.8. The smallest absolute Gasteiger partial charge is 0.106 e. The fourth-order valence-electron chi connectivity index (χ4n) is 2.22. The lowest BCUT2D eigenvalue weighted by molar-refractivity contribution is 0.500. The van der Waals surface area contributed by atoms with E-state index >= 15 is 0 Å². The topological polar surface area (TPSA) is 13.1 Å². The molecule has 0 aliphatic rings. The standard InChI is InChI=1S/C16H21BrOS/c1-9-10(2)18-11(3)14(9)15(17)12-7-8-13(19-12)16(4,5)6/h7-8,15H,1-6H3. The summed E-state index contributed by atoms with van der Waals surface area (Å²) in [5.41, 5.74) is 2.75. The Balaban J connectivity index is 2.39. The van der Waals surface area contributed by atoms with Gasteiger partial charge in [0.1, 0.15) is 11.5 Å². The molecule has 0 aliphatic heterocycles. The lowest BCUT2D eigenvalue weighted by Crippen LogP contribution is -2.07. The van der Waals surface area contributed by atoms with Crippen molar-refractivity contribution in [3.63, 3.8) is 0 Å². The summed E-state index contributed by atoms with van der Waals surface area (Å²) in [5, 5.41) is 0. The lowest BCUT2D eigenvalue weighted by Gasteiger charge is -2.15. The van der Waals surface area contributed by atoms with Crippen LogP contribution in [0.4, 0.5) is 0 Å². The van der Waals surface area contributed by atoms with E-state index in [-0.39, 0.29) is 10.2 Å². The van der Waals surface area contributed by atoms with Crippen LogP contribution in [0.15, 0.2) is 16.5 Å². The summed E-state index contributed by atoms with van der Waals surface area (Å²) in [6.45, 7) is 13.0. The third-order valence-corrected chi connectivity index (χ3v) is 6.32. The van der Waals surface area contributed by atoms with Crippen molar-refractivity contribution in [2.75, 3.05) is 0 Å². The maximum atomic E-state index is 5.74.